The number of carbonyl (C=O) groups excluding carboxylic acids is 1. The van der Waals surface area contributed by atoms with E-state index in [9.17, 15) is 4.79 Å². The number of amides is 2. The van der Waals surface area contributed by atoms with Gasteiger partial charge in [-0.05, 0) is 26.2 Å². The molecule has 1 aliphatic carbocycles. The van der Waals surface area contributed by atoms with Crippen LogP contribution in [0, 0.1) is 0 Å². The van der Waals surface area contributed by atoms with Crippen LogP contribution in [0.1, 0.15) is 38.7 Å². The second-order valence-electron chi connectivity index (χ2n) is 5.55. The molecule has 0 aromatic carbocycles. The van der Waals surface area contributed by atoms with Crippen LogP contribution in [0.25, 0.3) is 0 Å². The first-order chi connectivity index (χ1) is 10.1. The van der Waals surface area contributed by atoms with Crippen molar-refractivity contribution in [2.75, 3.05) is 13.2 Å². The van der Waals surface area contributed by atoms with E-state index in [0.29, 0.717) is 25.7 Å². The van der Waals surface area contributed by atoms with Gasteiger partial charge in [0.2, 0.25) is 0 Å². The average Bonchev–Trinajstić information content (AvgIpc) is 3.23. The monoisotopic (exact) mass is 294 g/mol. The van der Waals surface area contributed by atoms with Crippen molar-refractivity contribution in [3.8, 4) is 0 Å². The number of rotatable bonds is 8. The van der Waals surface area contributed by atoms with Crippen LogP contribution in [0.3, 0.4) is 0 Å². The molecule has 1 aliphatic rings. The van der Waals surface area contributed by atoms with Crippen LogP contribution in [0.4, 0.5) is 4.79 Å². The quantitative estimate of drug-likeness (QED) is 0.796. The van der Waals surface area contributed by atoms with E-state index < -0.39 is 0 Å². The molecule has 1 aromatic rings. The van der Waals surface area contributed by atoms with Gasteiger partial charge in [0.15, 0.2) is 0 Å². The highest BCUT2D eigenvalue weighted by Crippen LogP contribution is 2.28. The van der Waals surface area contributed by atoms with E-state index >= 15 is 0 Å². The van der Waals surface area contributed by atoms with Gasteiger partial charge in [-0.1, -0.05) is 6.92 Å². The van der Waals surface area contributed by atoms with E-state index in [2.05, 4.69) is 17.3 Å². The summed E-state index contributed by atoms with van der Waals surface area (Å²) in [4.78, 5) is 14.3. The maximum Gasteiger partial charge on any atom is 0.318 e. The Labute approximate surface area is 126 Å². The lowest BCUT2D eigenvalue weighted by Crippen LogP contribution is -2.44. The highest BCUT2D eigenvalue weighted by molar-refractivity contribution is 5.75. The largest absolute Gasteiger partial charge is 0.377 e. The van der Waals surface area contributed by atoms with Crippen LogP contribution in [0.2, 0.25) is 0 Å². The van der Waals surface area contributed by atoms with Crippen LogP contribution in [-0.2, 0) is 18.3 Å². The van der Waals surface area contributed by atoms with E-state index in [0.717, 1.165) is 24.8 Å². The molecule has 1 saturated carbocycles. The highest BCUT2D eigenvalue weighted by atomic mass is 16.5. The van der Waals surface area contributed by atoms with Crippen LogP contribution in [-0.4, -0.2) is 46.0 Å². The fourth-order valence-electron chi connectivity index (χ4n) is 2.36. The first-order valence-corrected chi connectivity index (χ1v) is 7.77. The van der Waals surface area contributed by atoms with E-state index in [1.807, 2.05) is 31.3 Å². The molecule has 2 amide bonds. The summed E-state index contributed by atoms with van der Waals surface area (Å²) in [6, 6.07) is 0.372. The molecule has 21 heavy (non-hydrogen) atoms. The van der Waals surface area contributed by atoms with Crippen LogP contribution in [0.15, 0.2) is 12.4 Å². The van der Waals surface area contributed by atoms with E-state index in [-0.39, 0.29) is 12.1 Å². The number of hydrogen-bond acceptors (Lipinski definition) is 3. The van der Waals surface area contributed by atoms with Crippen LogP contribution >= 0.6 is 0 Å². The number of urea groups is 1. The van der Waals surface area contributed by atoms with Crippen molar-refractivity contribution in [2.45, 2.75) is 51.8 Å². The lowest BCUT2D eigenvalue weighted by atomic mass is 10.3. The van der Waals surface area contributed by atoms with Gasteiger partial charge in [-0.3, -0.25) is 4.68 Å². The Bertz CT molecular complexity index is 456. The van der Waals surface area contributed by atoms with Crippen molar-refractivity contribution < 1.29 is 9.53 Å². The molecule has 1 atom stereocenters. The maximum atomic E-state index is 12.4. The molecular weight excluding hydrogens is 268 g/mol. The van der Waals surface area contributed by atoms with Gasteiger partial charge in [-0.25, -0.2) is 4.79 Å². The number of aryl methyl sites for hydroxylation is 1. The number of ether oxygens (including phenoxy) is 1. The minimum atomic E-state index is -0.000457. The summed E-state index contributed by atoms with van der Waals surface area (Å²) in [6.45, 7) is 5.91. The molecule has 2 rings (SSSR count). The lowest BCUT2D eigenvalue weighted by molar-refractivity contribution is 0.0603. The fraction of sp³-hybridized carbons (Fsp3) is 0.733. The average molecular weight is 294 g/mol. The Morgan fingerprint density at radius 3 is 2.86 bits per heavy atom. The molecule has 1 heterocycles. The van der Waals surface area contributed by atoms with Crippen molar-refractivity contribution in [3.05, 3.63) is 18.0 Å². The molecule has 118 valence electrons. The Hall–Kier alpha value is -1.56. The molecule has 0 radical (unpaired) electrons. The van der Waals surface area contributed by atoms with Crippen molar-refractivity contribution in [2.24, 2.45) is 7.05 Å². The second kappa shape index (κ2) is 7.45. The van der Waals surface area contributed by atoms with Gasteiger partial charge in [0.05, 0.1) is 18.8 Å². The topological polar surface area (TPSA) is 59.4 Å². The fourth-order valence-corrected chi connectivity index (χ4v) is 2.36. The Morgan fingerprint density at radius 2 is 2.33 bits per heavy atom. The lowest BCUT2D eigenvalue weighted by Gasteiger charge is -2.24. The Kier molecular flexibility index (Phi) is 5.61. The van der Waals surface area contributed by atoms with E-state index in [4.69, 9.17) is 4.74 Å². The summed E-state index contributed by atoms with van der Waals surface area (Å²) in [7, 11) is 1.89. The molecular formula is C15H26N4O2. The summed E-state index contributed by atoms with van der Waals surface area (Å²) in [5.41, 5.74) is 1.07. The number of carbonyl (C=O) groups is 1. The molecule has 0 bridgehead atoms. The van der Waals surface area contributed by atoms with Crippen molar-refractivity contribution in [1.82, 2.24) is 20.0 Å². The summed E-state index contributed by atoms with van der Waals surface area (Å²) in [5.74, 6) is 0. The number of hydrogen-bond donors (Lipinski definition) is 1. The second-order valence-corrected chi connectivity index (χ2v) is 5.55. The molecule has 0 spiro atoms. The third-order valence-corrected chi connectivity index (χ3v) is 3.70. The van der Waals surface area contributed by atoms with E-state index in [1.165, 1.54) is 0 Å². The van der Waals surface area contributed by atoms with Gasteiger partial charge in [-0.2, -0.15) is 5.10 Å². The molecule has 1 fully saturated rings. The Balaban J connectivity index is 1.87. The zero-order valence-corrected chi connectivity index (χ0v) is 13.2. The first-order valence-electron chi connectivity index (χ1n) is 7.77. The molecule has 1 aromatic heterocycles. The van der Waals surface area contributed by atoms with Gasteiger partial charge in [0, 0.05) is 38.0 Å². The molecule has 6 nitrogen and oxygen atoms in total. The molecule has 0 saturated heterocycles. The molecule has 0 aliphatic heterocycles. The number of nitrogens with zero attached hydrogens (tertiary/aromatic N) is 3. The van der Waals surface area contributed by atoms with Gasteiger partial charge < -0.3 is 15.0 Å². The predicted octanol–water partition coefficient (Wildman–Crippen LogP) is 1.91. The SMILES string of the molecule is CCOC(CC)CNC(=O)N(Cc1cnn(C)c1)C1CC1. The van der Waals surface area contributed by atoms with Crippen molar-refractivity contribution >= 4 is 6.03 Å². The van der Waals surface area contributed by atoms with Crippen LogP contribution < -0.4 is 5.32 Å². The number of nitrogens with one attached hydrogen (secondary N) is 1. The zero-order chi connectivity index (χ0) is 15.2. The minimum absolute atomic E-state index is 0.000457. The van der Waals surface area contributed by atoms with Gasteiger partial charge in [-0.15, -0.1) is 0 Å². The Morgan fingerprint density at radius 1 is 1.57 bits per heavy atom. The highest BCUT2D eigenvalue weighted by Gasteiger charge is 2.32. The normalized spacial score (nSPS) is 15.8. The van der Waals surface area contributed by atoms with Crippen molar-refractivity contribution in [1.29, 1.82) is 0 Å². The summed E-state index contributed by atoms with van der Waals surface area (Å²) in [6.07, 6.45) is 6.96. The zero-order valence-electron chi connectivity index (χ0n) is 13.2. The molecule has 1 N–H and O–H groups in total. The third-order valence-electron chi connectivity index (χ3n) is 3.70. The van der Waals surface area contributed by atoms with Gasteiger partial charge >= 0.3 is 6.03 Å². The smallest absolute Gasteiger partial charge is 0.318 e. The van der Waals surface area contributed by atoms with Gasteiger partial charge in [0.1, 0.15) is 0 Å². The van der Waals surface area contributed by atoms with E-state index in [1.54, 1.807) is 4.68 Å². The maximum absolute atomic E-state index is 12.4. The third kappa shape index (κ3) is 4.74. The first kappa shape index (κ1) is 15.8. The van der Waals surface area contributed by atoms with Gasteiger partial charge in [0.25, 0.3) is 0 Å². The van der Waals surface area contributed by atoms with Crippen molar-refractivity contribution in [3.63, 3.8) is 0 Å². The number of aromatic nitrogens is 2. The minimum Gasteiger partial charge on any atom is -0.377 e. The predicted molar refractivity (Wildman–Crippen MR) is 80.9 cm³/mol. The molecule has 1 unspecified atom stereocenters. The van der Waals surface area contributed by atoms with Crippen LogP contribution in [0.5, 0.6) is 0 Å². The summed E-state index contributed by atoms with van der Waals surface area (Å²) >= 11 is 0. The molecule has 6 heteroatoms. The standard InChI is InChI=1S/C15H26N4O2/c1-4-14(21-5-2)9-16-15(20)19(13-6-7-13)11-12-8-17-18(3)10-12/h8,10,13-14H,4-7,9,11H2,1-3H3,(H,16,20). The summed E-state index contributed by atoms with van der Waals surface area (Å²) < 4.78 is 7.34. The summed E-state index contributed by atoms with van der Waals surface area (Å²) in [5, 5.41) is 7.16.